The highest BCUT2D eigenvalue weighted by Crippen LogP contribution is 2.20. The lowest BCUT2D eigenvalue weighted by atomic mass is 10.2. The second-order valence-corrected chi connectivity index (χ2v) is 4.01. The first kappa shape index (κ1) is 11.2. The van der Waals surface area contributed by atoms with E-state index in [9.17, 15) is 9.59 Å². The summed E-state index contributed by atoms with van der Waals surface area (Å²) in [5, 5.41) is 9.10. The Bertz CT molecular complexity index is 832. The third-order valence-electron chi connectivity index (χ3n) is 2.82. The number of pyridine rings is 1. The number of fused-ring (bicyclic) bond motifs is 1. The van der Waals surface area contributed by atoms with Crippen molar-refractivity contribution in [2.24, 2.45) is 0 Å². The summed E-state index contributed by atoms with van der Waals surface area (Å²) in [6, 6.07) is 6.21. The molecule has 0 saturated carbocycles. The van der Waals surface area contributed by atoms with Gasteiger partial charge >= 0.3 is 5.97 Å². The molecule has 2 heterocycles. The van der Waals surface area contributed by atoms with Gasteiger partial charge in [-0.05, 0) is 12.1 Å². The maximum atomic E-state index is 11.7. The maximum absolute atomic E-state index is 11.7. The number of para-hydroxylation sites is 1. The Balaban J connectivity index is 2.29. The zero-order valence-electron chi connectivity index (χ0n) is 9.68. The number of nitrogens with zero attached hydrogens (tertiary/aromatic N) is 1. The van der Waals surface area contributed by atoms with Gasteiger partial charge in [0.2, 0.25) is 0 Å². The van der Waals surface area contributed by atoms with Crippen molar-refractivity contribution in [3.8, 4) is 11.4 Å². The first-order chi connectivity index (χ1) is 9.16. The monoisotopic (exact) mass is 255 g/mol. The highest BCUT2D eigenvalue weighted by molar-refractivity contribution is 6.01. The van der Waals surface area contributed by atoms with Crippen molar-refractivity contribution in [3.05, 3.63) is 52.4 Å². The van der Waals surface area contributed by atoms with E-state index in [1.807, 2.05) is 0 Å². The van der Waals surface area contributed by atoms with Gasteiger partial charge in [-0.1, -0.05) is 6.07 Å². The molecule has 0 aliphatic carbocycles. The van der Waals surface area contributed by atoms with Gasteiger partial charge in [-0.2, -0.15) is 0 Å². The van der Waals surface area contributed by atoms with Crippen molar-refractivity contribution in [2.45, 2.75) is 0 Å². The molecule has 0 unspecified atom stereocenters. The number of H-pyrrole nitrogens is 2. The van der Waals surface area contributed by atoms with Crippen LogP contribution in [0, 0.1) is 0 Å². The van der Waals surface area contributed by atoms with Gasteiger partial charge in [-0.15, -0.1) is 0 Å². The minimum absolute atomic E-state index is 0.104. The molecule has 0 bridgehead atoms. The number of aromatic carboxylic acids is 1. The number of benzene rings is 1. The van der Waals surface area contributed by atoms with Crippen molar-refractivity contribution in [1.82, 2.24) is 15.0 Å². The summed E-state index contributed by atoms with van der Waals surface area (Å²) in [6.07, 6.45) is 3.05. The summed E-state index contributed by atoms with van der Waals surface area (Å²) in [4.78, 5) is 32.8. The zero-order valence-corrected chi connectivity index (χ0v) is 9.68. The third-order valence-corrected chi connectivity index (χ3v) is 2.82. The predicted octanol–water partition coefficient (Wildman–Crippen LogP) is 1.62. The van der Waals surface area contributed by atoms with E-state index in [0.717, 1.165) is 0 Å². The van der Waals surface area contributed by atoms with E-state index in [2.05, 4.69) is 15.0 Å². The number of carbonyl (C=O) groups is 1. The molecule has 3 rings (SSSR count). The highest BCUT2D eigenvalue weighted by atomic mass is 16.4. The lowest BCUT2D eigenvalue weighted by Gasteiger charge is -1.93. The molecule has 3 N–H and O–H groups in total. The van der Waals surface area contributed by atoms with Crippen LogP contribution in [0.15, 0.2) is 41.5 Å². The average molecular weight is 255 g/mol. The molecule has 6 heteroatoms. The number of aromatic amines is 2. The summed E-state index contributed by atoms with van der Waals surface area (Å²) >= 11 is 0. The fourth-order valence-electron chi connectivity index (χ4n) is 1.93. The summed E-state index contributed by atoms with van der Waals surface area (Å²) in [5.41, 5.74) is 1.21. The van der Waals surface area contributed by atoms with Gasteiger partial charge in [-0.25, -0.2) is 9.78 Å². The molecule has 2 aromatic heterocycles. The van der Waals surface area contributed by atoms with Crippen LogP contribution in [0.25, 0.3) is 22.4 Å². The molecule has 94 valence electrons. The predicted molar refractivity (Wildman–Crippen MR) is 69.1 cm³/mol. The topological polar surface area (TPSA) is 98.8 Å². The van der Waals surface area contributed by atoms with Gasteiger partial charge in [0, 0.05) is 18.5 Å². The Hall–Kier alpha value is -2.89. The quantitative estimate of drug-likeness (QED) is 0.647. The van der Waals surface area contributed by atoms with E-state index < -0.39 is 5.97 Å². The Morgan fingerprint density at radius 3 is 2.84 bits per heavy atom. The van der Waals surface area contributed by atoms with Crippen LogP contribution in [0.3, 0.4) is 0 Å². The number of hydrogen-bond acceptors (Lipinski definition) is 3. The van der Waals surface area contributed by atoms with E-state index in [4.69, 9.17) is 5.11 Å². The number of rotatable bonds is 2. The normalized spacial score (nSPS) is 10.7. The van der Waals surface area contributed by atoms with Crippen LogP contribution in [-0.2, 0) is 0 Å². The number of carboxylic acid groups (broad SMARTS) is 1. The van der Waals surface area contributed by atoms with Gasteiger partial charge in [0.15, 0.2) is 5.43 Å². The fraction of sp³-hybridized carbons (Fsp3) is 0. The molecular weight excluding hydrogens is 246 g/mol. The van der Waals surface area contributed by atoms with E-state index in [-0.39, 0.29) is 11.0 Å². The van der Waals surface area contributed by atoms with Crippen molar-refractivity contribution in [3.63, 3.8) is 0 Å². The maximum Gasteiger partial charge on any atom is 0.337 e. The smallest absolute Gasteiger partial charge is 0.337 e. The van der Waals surface area contributed by atoms with Crippen LogP contribution >= 0.6 is 0 Å². The summed E-state index contributed by atoms with van der Waals surface area (Å²) < 4.78 is 0. The molecule has 3 aromatic rings. The van der Waals surface area contributed by atoms with Crippen molar-refractivity contribution in [1.29, 1.82) is 0 Å². The Labute approximate surface area is 106 Å². The summed E-state index contributed by atoms with van der Waals surface area (Å²) in [5.74, 6) is -0.698. The molecule has 0 spiro atoms. The van der Waals surface area contributed by atoms with Gasteiger partial charge in [0.25, 0.3) is 0 Å². The Morgan fingerprint density at radius 1 is 1.26 bits per heavy atom. The number of carboxylic acids is 1. The summed E-state index contributed by atoms with van der Waals surface area (Å²) in [6.45, 7) is 0. The standard InChI is InChI=1S/C13H9N3O3/c17-10-4-5-14-6-8(10)12-15-9-3-1-2-7(13(18)19)11(9)16-12/h1-6H,(H,14,17)(H,15,16)(H,18,19). The fourth-order valence-corrected chi connectivity index (χ4v) is 1.93. The number of imidazole rings is 1. The van der Waals surface area contributed by atoms with Crippen molar-refractivity contribution in [2.75, 3.05) is 0 Å². The Kier molecular flexibility index (Phi) is 2.42. The second-order valence-electron chi connectivity index (χ2n) is 4.01. The lowest BCUT2D eigenvalue weighted by molar-refractivity contribution is 0.0699. The van der Waals surface area contributed by atoms with E-state index in [0.29, 0.717) is 22.4 Å². The van der Waals surface area contributed by atoms with Crippen LogP contribution in [-0.4, -0.2) is 26.0 Å². The van der Waals surface area contributed by atoms with E-state index in [1.165, 1.54) is 24.5 Å². The minimum Gasteiger partial charge on any atom is -0.478 e. The average Bonchev–Trinajstić information content (AvgIpc) is 2.82. The first-order valence-corrected chi connectivity index (χ1v) is 5.56. The van der Waals surface area contributed by atoms with Crippen LogP contribution in [0.4, 0.5) is 0 Å². The molecule has 0 atom stereocenters. The molecule has 0 saturated heterocycles. The van der Waals surface area contributed by atoms with Crippen molar-refractivity contribution >= 4 is 17.0 Å². The third kappa shape index (κ3) is 1.79. The molecule has 1 aromatic carbocycles. The van der Waals surface area contributed by atoms with Gasteiger partial charge in [-0.3, -0.25) is 4.79 Å². The zero-order chi connectivity index (χ0) is 13.4. The van der Waals surface area contributed by atoms with Crippen LogP contribution in [0.1, 0.15) is 10.4 Å². The molecule has 6 nitrogen and oxygen atoms in total. The minimum atomic E-state index is -1.05. The summed E-state index contributed by atoms with van der Waals surface area (Å²) in [7, 11) is 0. The molecular formula is C13H9N3O3. The van der Waals surface area contributed by atoms with E-state index in [1.54, 1.807) is 12.1 Å². The molecule has 0 radical (unpaired) electrons. The SMILES string of the molecule is O=C(O)c1cccc2[nH]c(-c3c[nH]ccc3=O)nc12. The Morgan fingerprint density at radius 2 is 2.11 bits per heavy atom. The van der Waals surface area contributed by atoms with Crippen LogP contribution < -0.4 is 5.43 Å². The molecule has 0 amide bonds. The van der Waals surface area contributed by atoms with Crippen LogP contribution in [0.2, 0.25) is 0 Å². The largest absolute Gasteiger partial charge is 0.478 e. The van der Waals surface area contributed by atoms with Crippen molar-refractivity contribution < 1.29 is 9.90 Å². The molecule has 0 aliphatic heterocycles. The van der Waals surface area contributed by atoms with E-state index >= 15 is 0 Å². The molecule has 19 heavy (non-hydrogen) atoms. The lowest BCUT2D eigenvalue weighted by Crippen LogP contribution is -2.03. The van der Waals surface area contributed by atoms with Gasteiger partial charge < -0.3 is 15.1 Å². The van der Waals surface area contributed by atoms with Gasteiger partial charge in [0.1, 0.15) is 11.3 Å². The number of aromatic nitrogens is 3. The van der Waals surface area contributed by atoms with Crippen LogP contribution in [0.5, 0.6) is 0 Å². The highest BCUT2D eigenvalue weighted by Gasteiger charge is 2.14. The van der Waals surface area contributed by atoms with Gasteiger partial charge in [0.05, 0.1) is 16.6 Å². The molecule has 0 aliphatic rings. The number of hydrogen-bond donors (Lipinski definition) is 3. The molecule has 0 fully saturated rings. The first-order valence-electron chi connectivity index (χ1n) is 5.56. The number of nitrogens with one attached hydrogen (secondary N) is 2. The second kappa shape index (κ2) is 4.09.